The largest absolute Gasteiger partial charge is 0.402 e. The fourth-order valence-corrected chi connectivity index (χ4v) is 1.34. The zero-order chi connectivity index (χ0) is 8.15. The van der Waals surface area contributed by atoms with Crippen LogP contribution in [0.15, 0.2) is 23.4 Å². The van der Waals surface area contributed by atoms with Gasteiger partial charge in [0.1, 0.15) is 0 Å². The number of hydrogen-bond acceptors (Lipinski definition) is 1. The van der Waals surface area contributed by atoms with Crippen molar-refractivity contribution in [3.8, 4) is 0 Å². The van der Waals surface area contributed by atoms with Crippen molar-refractivity contribution in [2.75, 3.05) is 0 Å². The van der Waals surface area contributed by atoms with Gasteiger partial charge >= 0.3 is 0 Å². The summed E-state index contributed by atoms with van der Waals surface area (Å²) in [6.45, 7) is 6.10. The van der Waals surface area contributed by atoms with Crippen LogP contribution in [0.1, 0.15) is 20.8 Å². The molecule has 0 aliphatic carbocycles. The van der Waals surface area contributed by atoms with Crippen LogP contribution in [0.2, 0.25) is 0 Å². The van der Waals surface area contributed by atoms with Crippen molar-refractivity contribution in [3.63, 3.8) is 0 Å². The normalized spacial score (nSPS) is 17.2. The second kappa shape index (κ2) is 4.77. The highest BCUT2D eigenvalue weighted by Crippen LogP contribution is 2.06. The molecule has 0 spiro atoms. The summed E-state index contributed by atoms with van der Waals surface area (Å²) >= 11 is 2.36. The molecular weight excluding hydrogens is 237 g/mol. The molecule has 0 aliphatic rings. The first-order chi connectivity index (χ1) is 4.52. The average Bonchev–Trinajstić information content (AvgIpc) is 1.58. The molecule has 10 heavy (non-hydrogen) atoms. The van der Waals surface area contributed by atoms with E-state index in [-0.39, 0.29) is 0 Å². The molecule has 0 saturated heterocycles. The van der Waals surface area contributed by atoms with Crippen LogP contribution in [0.5, 0.6) is 0 Å². The maximum Gasteiger partial charge on any atom is 0.0266 e. The van der Waals surface area contributed by atoms with Gasteiger partial charge in [0.25, 0.3) is 0 Å². The van der Waals surface area contributed by atoms with E-state index in [9.17, 15) is 0 Å². The van der Waals surface area contributed by atoms with Crippen LogP contribution >= 0.6 is 22.6 Å². The Morgan fingerprint density at radius 2 is 2.00 bits per heavy atom. The third-order valence-corrected chi connectivity index (χ3v) is 1.31. The molecule has 1 atom stereocenters. The van der Waals surface area contributed by atoms with Crippen LogP contribution in [-0.2, 0) is 0 Å². The molecular formula is C8H14IN. The fourth-order valence-electron chi connectivity index (χ4n) is 0.769. The van der Waals surface area contributed by atoms with E-state index in [1.807, 2.05) is 13.0 Å². The van der Waals surface area contributed by atoms with Crippen molar-refractivity contribution in [1.82, 2.24) is 0 Å². The Bertz CT molecular complexity index is 153. The van der Waals surface area contributed by atoms with Gasteiger partial charge in [0.05, 0.1) is 0 Å². The molecule has 0 fully saturated rings. The Hall–Kier alpha value is 0.01000. The van der Waals surface area contributed by atoms with Crippen molar-refractivity contribution < 1.29 is 0 Å². The first-order valence-electron chi connectivity index (χ1n) is 3.28. The van der Waals surface area contributed by atoms with Crippen molar-refractivity contribution >= 4 is 22.6 Å². The van der Waals surface area contributed by atoms with Gasteiger partial charge in [0.2, 0.25) is 0 Å². The zero-order valence-corrected chi connectivity index (χ0v) is 8.84. The van der Waals surface area contributed by atoms with E-state index in [0.717, 1.165) is 5.70 Å². The molecule has 1 unspecified atom stereocenters. The van der Waals surface area contributed by atoms with E-state index < -0.39 is 0 Å². The minimum Gasteiger partial charge on any atom is -0.402 e. The second-order valence-corrected chi connectivity index (χ2v) is 4.44. The summed E-state index contributed by atoms with van der Waals surface area (Å²) in [5, 5.41) is 0. The van der Waals surface area contributed by atoms with Crippen LogP contribution in [0, 0.1) is 0 Å². The standard InChI is InChI=1S/C8H14IN/c1-6(4-7(2)9)5-8(3)10/h4-5,7H,10H2,1-3H3/b6-4-,8-5-. The highest BCUT2D eigenvalue weighted by atomic mass is 127. The minimum atomic E-state index is 0.577. The molecule has 0 amide bonds. The highest BCUT2D eigenvalue weighted by Gasteiger charge is 1.88. The number of nitrogens with two attached hydrogens (primary N) is 1. The maximum absolute atomic E-state index is 5.49. The Morgan fingerprint density at radius 1 is 1.50 bits per heavy atom. The average molecular weight is 251 g/mol. The van der Waals surface area contributed by atoms with E-state index in [2.05, 4.69) is 42.5 Å². The molecule has 0 saturated carbocycles. The van der Waals surface area contributed by atoms with Gasteiger partial charge < -0.3 is 5.73 Å². The summed E-state index contributed by atoms with van der Waals surface area (Å²) < 4.78 is 0.577. The van der Waals surface area contributed by atoms with E-state index >= 15 is 0 Å². The van der Waals surface area contributed by atoms with Crippen LogP contribution in [0.25, 0.3) is 0 Å². The molecule has 2 heteroatoms. The topological polar surface area (TPSA) is 26.0 Å². The molecule has 58 valence electrons. The van der Waals surface area contributed by atoms with Crippen molar-refractivity contribution in [3.05, 3.63) is 23.4 Å². The summed E-state index contributed by atoms with van der Waals surface area (Å²) in [5.74, 6) is 0. The molecule has 0 heterocycles. The minimum absolute atomic E-state index is 0.577. The number of halogens is 1. The summed E-state index contributed by atoms with van der Waals surface area (Å²) in [6.07, 6.45) is 4.16. The fraction of sp³-hybridized carbons (Fsp3) is 0.500. The Balaban J connectivity index is 4.08. The van der Waals surface area contributed by atoms with E-state index in [0.29, 0.717) is 3.92 Å². The van der Waals surface area contributed by atoms with E-state index in [1.54, 1.807) is 0 Å². The van der Waals surface area contributed by atoms with Gasteiger partial charge in [-0.3, -0.25) is 0 Å². The quantitative estimate of drug-likeness (QED) is 0.455. The molecule has 1 nitrogen and oxygen atoms in total. The lowest BCUT2D eigenvalue weighted by molar-refractivity contribution is 1.24. The van der Waals surface area contributed by atoms with Gasteiger partial charge in [-0.1, -0.05) is 34.2 Å². The highest BCUT2D eigenvalue weighted by molar-refractivity contribution is 14.1. The van der Waals surface area contributed by atoms with Crippen LogP contribution in [-0.4, -0.2) is 3.92 Å². The Labute approximate surface area is 76.5 Å². The summed E-state index contributed by atoms with van der Waals surface area (Å²) in [5.41, 5.74) is 7.59. The third-order valence-electron chi connectivity index (χ3n) is 0.948. The van der Waals surface area contributed by atoms with Gasteiger partial charge in [-0.2, -0.15) is 0 Å². The maximum atomic E-state index is 5.49. The van der Waals surface area contributed by atoms with Crippen molar-refractivity contribution in [2.45, 2.75) is 24.7 Å². The predicted molar refractivity (Wildman–Crippen MR) is 55.2 cm³/mol. The third kappa shape index (κ3) is 6.13. The lowest BCUT2D eigenvalue weighted by atomic mass is 10.2. The molecule has 0 aromatic heterocycles. The van der Waals surface area contributed by atoms with Crippen LogP contribution < -0.4 is 5.73 Å². The van der Waals surface area contributed by atoms with Crippen molar-refractivity contribution in [1.29, 1.82) is 0 Å². The van der Waals surface area contributed by atoms with Gasteiger partial charge in [-0.15, -0.1) is 0 Å². The van der Waals surface area contributed by atoms with Crippen LogP contribution in [0.3, 0.4) is 0 Å². The lowest BCUT2D eigenvalue weighted by Gasteiger charge is -1.96. The monoisotopic (exact) mass is 251 g/mol. The van der Waals surface area contributed by atoms with Gasteiger partial charge in [-0.05, 0) is 26.8 Å². The first-order valence-corrected chi connectivity index (χ1v) is 4.53. The SMILES string of the molecule is C/C(N)=C/C(C)=C\C(C)I. The molecule has 0 rings (SSSR count). The molecule has 2 N–H and O–H groups in total. The number of alkyl halides is 1. The van der Waals surface area contributed by atoms with Gasteiger partial charge in [-0.25, -0.2) is 0 Å². The zero-order valence-electron chi connectivity index (χ0n) is 6.69. The van der Waals surface area contributed by atoms with Crippen LogP contribution in [0.4, 0.5) is 0 Å². The summed E-state index contributed by atoms with van der Waals surface area (Å²) in [4.78, 5) is 0. The molecule has 0 aliphatic heterocycles. The predicted octanol–water partition coefficient (Wildman–Crippen LogP) is 2.62. The first kappa shape index (κ1) is 10.0. The number of rotatable bonds is 2. The number of hydrogen-bond donors (Lipinski definition) is 1. The molecule has 0 bridgehead atoms. The Morgan fingerprint density at radius 3 is 2.30 bits per heavy atom. The summed E-state index contributed by atoms with van der Waals surface area (Å²) in [7, 11) is 0. The molecule has 0 radical (unpaired) electrons. The van der Waals surface area contributed by atoms with Crippen molar-refractivity contribution in [2.24, 2.45) is 5.73 Å². The van der Waals surface area contributed by atoms with E-state index in [4.69, 9.17) is 5.73 Å². The summed E-state index contributed by atoms with van der Waals surface area (Å²) in [6, 6.07) is 0. The van der Waals surface area contributed by atoms with Gasteiger partial charge in [0, 0.05) is 9.62 Å². The van der Waals surface area contributed by atoms with Gasteiger partial charge in [0.15, 0.2) is 0 Å². The smallest absolute Gasteiger partial charge is 0.0266 e. The second-order valence-electron chi connectivity index (χ2n) is 2.48. The number of allylic oxidation sites excluding steroid dienone is 4. The Kier molecular flexibility index (Phi) is 4.77. The lowest BCUT2D eigenvalue weighted by Crippen LogP contribution is -1.91. The molecule has 0 aromatic rings. The molecule has 0 aromatic carbocycles. The van der Waals surface area contributed by atoms with E-state index in [1.165, 1.54) is 5.57 Å².